The molecule has 7 heteroatoms. The molecule has 2 aliphatic rings. The fourth-order valence-corrected chi connectivity index (χ4v) is 4.52. The summed E-state index contributed by atoms with van der Waals surface area (Å²) in [6, 6.07) is 4.85. The average Bonchev–Trinajstić information content (AvgIpc) is 3.41. The van der Waals surface area contributed by atoms with Crippen LogP contribution in [0.5, 0.6) is 0 Å². The van der Waals surface area contributed by atoms with E-state index in [1.165, 1.54) is 16.4 Å². The van der Waals surface area contributed by atoms with Crippen LogP contribution in [0.15, 0.2) is 40.8 Å². The van der Waals surface area contributed by atoms with Crippen molar-refractivity contribution in [3.05, 3.63) is 41.7 Å². The second-order valence-electron chi connectivity index (χ2n) is 6.70. The standard InChI is InChI=1S/C18H23FN2O3S/c1-14(15-3-4-15)13-18(22)20-9-2-10-21(12-11-20)25(23,24)17-7-5-16(19)6-8-17/h5-8,13,15H,2-4,9-12H2,1H3/b14-13+. The molecule has 1 aromatic carbocycles. The first-order valence-corrected chi connectivity index (χ1v) is 10.0. The van der Waals surface area contributed by atoms with Gasteiger partial charge in [-0.25, -0.2) is 12.8 Å². The summed E-state index contributed by atoms with van der Waals surface area (Å²) < 4.78 is 39.8. The van der Waals surface area contributed by atoms with Gasteiger partial charge < -0.3 is 4.90 Å². The highest BCUT2D eigenvalue weighted by molar-refractivity contribution is 7.89. The number of benzene rings is 1. The van der Waals surface area contributed by atoms with Crippen molar-refractivity contribution in [3.63, 3.8) is 0 Å². The van der Waals surface area contributed by atoms with Gasteiger partial charge in [-0.15, -0.1) is 0 Å². The van der Waals surface area contributed by atoms with E-state index in [0.717, 1.165) is 30.5 Å². The summed E-state index contributed by atoms with van der Waals surface area (Å²) >= 11 is 0. The Bertz CT molecular complexity index is 770. The minimum Gasteiger partial charge on any atom is -0.338 e. The molecule has 0 unspecified atom stereocenters. The Morgan fingerprint density at radius 2 is 1.80 bits per heavy atom. The predicted octanol–water partition coefficient (Wildman–Crippen LogP) is 2.41. The molecule has 1 amide bonds. The minimum atomic E-state index is -3.66. The third-order valence-corrected chi connectivity index (χ3v) is 6.70. The van der Waals surface area contributed by atoms with Gasteiger partial charge in [-0.1, -0.05) is 5.57 Å². The summed E-state index contributed by atoms with van der Waals surface area (Å²) in [7, 11) is -3.66. The van der Waals surface area contributed by atoms with E-state index in [9.17, 15) is 17.6 Å². The molecule has 0 bridgehead atoms. The van der Waals surface area contributed by atoms with Crippen LogP contribution in [0.3, 0.4) is 0 Å². The van der Waals surface area contributed by atoms with Crippen molar-refractivity contribution in [3.8, 4) is 0 Å². The maximum absolute atomic E-state index is 13.0. The van der Waals surface area contributed by atoms with Gasteiger partial charge in [-0.2, -0.15) is 4.31 Å². The van der Waals surface area contributed by atoms with Gasteiger partial charge in [0.15, 0.2) is 0 Å². The summed E-state index contributed by atoms with van der Waals surface area (Å²) in [5.41, 5.74) is 1.12. The predicted molar refractivity (Wildman–Crippen MR) is 92.8 cm³/mol. The van der Waals surface area contributed by atoms with Gasteiger partial charge in [0.05, 0.1) is 4.90 Å². The number of hydrogen-bond donors (Lipinski definition) is 0. The van der Waals surface area contributed by atoms with E-state index in [1.54, 1.807) is 11.0 Å². The largest absolute Gasteiger partial charge is 0.338 e. The molecular weight excluding hydrogens is 343 g/mol. The van der Waals surface area contributed by atoms with Crippen molar-refractivity contribution < 1.29 is 17.6 Å². The smallest absolute Gasteiger partial charge is 0.246 e. The van der Waals surface area contributed by atoms with E-state index in [0.29, 0.717) is 32.0 Å². The van der Waals surface area contributed by atoms with Gasteiger partial charge >= 0.3 is 0 Å². The molecule has 0 atom stereocenters. The lowest BCUT2D eigenvalue weighted by molar-refractivity contribution is -0.125. The number of halogens is 1. The lowest BCUT2D eigenvalue weighted by Gasteiger charge is -2.21. The molecule has 136 valence electrons. The van der Waals surface area contributed by atoms with Gasteiger partial charge in [0, 0.05) is 32.3 Å². The third-order valence-electron chi connectivity index (χ3n) is 4.79. The SMILES string of the molecule is C/C(=C\C(=O)N1CCCN(S(=O)(=O)c2ccc(F)cc2)CC1)C1CC1. The summed E-state index contributed by atoms with van der Waals surface area (Å²) in [5, 5.41) is 0. The monoisotopic (exact) mass is 366 g/mol. The molecule has 0 N–H and O–H groups in total. The van der Waals surface area contributed by atoms with Crippen molar-refractivity contribution >= 4 is 15.9 Å². The number of carbonyl (C=O) groups is 1. The number of nitrogens with zero attached hydrogens (tertiary/aromatic N) is 2. The Hall–Kier alpha value is -1.73. The van der Waals surface area contributed by atoms with Crippen molar-refractivity contribution in [1.29, 1.82) is 0 Å². The Morgan fingerprint density at radius 1 is 1.12 bits per heavy atom. The number of amides is 1. The molecule has 2 fully saturated rings. The Balaban J connectivity index is 1.67. The van der Waals surface area contributed by atoms with Crippen LogP contribution in [0.25, 0.3) is 0 Å². The maximum Gasteiger partial charge on any atom is 0.246 e. The first-order chi connectivity index (χ1) is 11.9. The van der Waals surface area contributed by atoms with Gasteiger partial charge in [0.25, 0.3) is 0 Å². The first-order valence-electron chi connectivity index (χ1n) is 8.61. The number of allylic oxidation sites excluding steroid dienone is 1. The number of sulfonamides is 1. The minimum absolute atomic E-state index is 0.0366. The summed E-state index contributed by atoms with van der Waals surface area (Å²) in [5.74, 6) is 0.0427. The molecule has 1 aliphatic heterocycles. The number of hydrogen-bond acceptors (Lipinski definition) is 3. The zero-order valence-electron chi connectivity index (χ0n) is 14.3. The molecule has 3 rings (SSSR count). The Labute approximate surface area is 148 Å². The van der Waals surface area contributed by atoms with Gasteiger partial charge in [-0.3, -0.25) is 4.79 Å². The second-order valence-corrected chi connectivity index (χ2v) is 8.64. The lowest BCUT2D eigenvalue weighted by atomic mass is 10.2. The highest BCUT2D eigenvalue weighted by atomic mass is 32.2. The second kappa shape index (κ2) is 7.25. The maximum atomic E-state index is 13.0. The van der Waals surface area contributed by atoms with Crippen LogP contribution in [-0.4, -0.2) is 49.7 Å². The highest BCUT2D eigenvalue weighted by Crippen LogP contribution is 2.36. The van der Waals surface area contributed by atoms with E-state index in [2.05, 4.69) is 0 Å². The van der Waals surface area contributed by atoms with E-state index in [4.69, 9.17) is 0 Å². The number of rotatable bonds is 4. The van der Waals surface area contributed by atoms with Crippen LogP contribution in [-0.2, 0) is 14.8 Å². The third kappa shape index (κ3) is 4.27. The van der Waals surface area contributed by atoms with E-state index in [-0.39, 0.29) is 17.3 Å². The average molecular weight is 366 g/mol. The van der Waals surface area contributed by atoms with Crippen molar-refractivity contribution in [2.45, 2.75) is 31.1 Å². The molecule has 5 nitrogen and oxygen atoms in total. The van der Waals surface area contributed by atoms with Crippen molar-refractivity contribution in [2.75, 3.05) is 26.2 Å². The van der Waals surface area contributed by atoms with Crippen LogP contribution in [0, 0.1) is 11.7 Å². The normalized spacial score (nSPS) is 20.4. The quantitative estimate of drug-likeness (QED) is 0.769. The van der Waals surface area contributed by atoms with E-state index >= 15 is 0 Å². The molecule has 0 spiro atoms. The molecule has 1 saturated heterocycles. The molecule has 1 saturated carbocycles. The first kappa shape index (κ1) is 18.1. The van der Waals surface area contributed by atoms with Crippen LogP contribution in [0.2, 0.25) is 0 Å². The zero-order valence-corrected chi connectivity index (χ0v) is 15.1. The number of carbonyl (C=O) groups excluding carboxylic acids is 1. The highest BCUT2D eigenvalue weighted by Gasteiger charge is 2.29. The van der Waals surface area contributed by atoms with Crippen LogP contribution >= 0.6 is 0 Å². The summed E-state index contributed by atoms with van der Waals surface area (Å²) in [4.78, 5) is 14.2. The lowest BCUT2D eigenvalue weighted by Crippen LogP contribution is -2.36. The summed E-state index contributed by atoms with van der Waals surface area (Å²) in [6.07, 6.45) is 4.59. The summed E-state index contributed by atoms with van der Waals surface area (Å²) in [6.45, 7) is 3.51. The Morgan fingerprint density at radius 3 is 2.44 bits per heavy atom. The molecule has 1 aliphatic carbocycles. The molecule has 0 aromatic heterocycles. The van der Waals surface area contributed by atoms with Gasteiger partial charge in [-0.05, 0) is 56.4 Å². The van der Waals surface area contributed by atoms with E-state index < -0.39 is 15.8 Å². The molecule has 1 heterocycles. The van der Waals surface area contributed by atoms with Crippen LogP contribution in [0.1, 0.15) is 26.2 Å². The topological polar surface area (TPSA) is 57.7 Å². The fraction of sp³-hybridized carbons (Fsp3) is 0.500. The molecule has 0 radical (unpaired) electrons. The molecule has 1 aromatic rings. The fourth-order valence-electron chi connectivity index (χ4n) is 3.05. The zero-order chi connectivity index (χ0) is 18.0. The van der Waals surface area contributed by atoms with Crippen molar-refractivity contribution in [1.82, 2.24) is 9.21 Å². The van der Waals surface area contributed by atoms with Crippen LogP contribution in [0.4, 0.5) is 4.39 Å². The Kier molecular flexibility index (Phi) is 5.24. The van der Waals surface area contributed by atoms with Crippen LogP contribution < -0.4 is 0 Å². The molecule has 25 heavy (non-hydrogen) atoms. The van der Waals surface area contributed by atoms with Gasteiger partial charge in [0.1, 0.15) is 5.82 Å². The van der Waals surface area contributed by atoms with Crippen molar-refractivity contribution in [2.24, 2.45) is 5.92 Å². The van der Waals surface area contributed by atoms with Gasteiger partial charge in [0.2, 0.25) is 15.9 Å². The van der Waals surface area contributed by atoms with E-state index in [1.807, 2.05) is 6.92 Å². The molecular formula is C18H23FN2O3S.